The first-order valence-electron chi connectivity index (χ1n) is 6.17. The van der Waals surface area contributed by atoms with Crippen molar-refractivity contribution in [2.45, 2.75) is 25.8 Å². The number of methoxy groups -OCH3 is 1. The molecule has 6 heteroatoms. The van der Waals surface area contributed by atoms with Gasteiger partial charge in [0.05, 0.1) is 12.1 Å². The number of amides is 1. The first-order chi connectivity index (χ1) is 9.36. The molecule has 110 valence electrons. The normalized spacial score (nSPS) is 11.8. The highest BCUT2D eigenvalue weighted by atomic mass is 35.5. The van der Waals surface area contributed by atoms with Gasteiger partial charge in [-0.1, -0.05) is 17.7 Å². The zero-order chi connectivity index (χ0) is 15.3. The van der Waals surface area contributed by atoms with Gasteiger partial charge in [0, 0.05) is 13.5 Å². The van der Waals surface area contributed by atoms with Crippen molar-refractivity contribution in [3.63, 3.8) is 0 Å². The molecule has 20 heavy (non-hydrogen) atoms. The fourth-order valence-corrected chi connectivity index (χ4v) is 1.95. The zero-order valence-electron chi connectivity index (χ0n) is 11.7. The summed E-state index contributed by atoms with van der Waals surface area (Å²) in [7, 11) is 3.02. The lowest BCUT2D eigenvalue weighted by atomic mass is 10.1. The van der Waals surface area contributed by atoms with Gasteiger partial charge in [-0.2, -0.15) is 0 Å². The van der Waals surface area contributed by atoms with Gasteiger partial charge in [0.25, 0.3) is 0 Å². The number of carbonyl (C=O) groups is 2. The fourth-order valence-electron chi connectivity index (χ4n) is 1.67. The molecule has 0 saturated heterocycles. The Morgan fingerprint density at radius 2 is 2.10 bits per heavy atom. The number of rotatable bonds is 6. The lowest BCUT2D eigenvalue weighted by Crippen LogP contribution is -2.40. The summed E-state index contributed by atoms with van der Waals surface area (Å²) in [6.45, 7) is 1.48. The largest absolute Gasteiger partial charge is 0.495 e. The maximum absolute atomic E-state index is 11.9. The van der Waals surface area contributed by atoms with Gasteiger partial charge in [-0.05, 0) is 31.0 Å². The fraction of sp³-hybridized carbons (Fsp3) is 0.429. The van der Waals surface area contributed by atoms with E-state index in [0.29, 0.717) is 17.2 Å². The Labute approximate surface area is 123 Å². The van der Waals surface area contributed by atoms with Crippen molar-refractivity contribution in [3.8, 4) is 5.75 Å². The molecule has 0 aliphatic rings. The number of likely N-dealkylation sites (N-methyl/N-ethyl adjacent to an activating group) is 1. The first-order valence-corrected chi connectivity index (χ1v) is 6.55. The van der Waals surface area contributed by atoms with E-state index in [1.165, 1.54) is 26.0 Å². The second-order valence-corrected chi connectivity index (χ2v) is 4.89. The summed E-state index contributed by atoms with van der Waals surface area (Å²) in [5, 5.41) is 9.35. The molecule has 0 fully saturated rings. The van der Waals surface area contributed by atoms with Crippen LogP contribution in [0.4, 0.5) is 0 Å². The maximum atomic E-state index is 11.9. The van der Waals surface area contributed by atoms with Crippen LogP contribution in [0.25, 0.3) is 0 Å². The monoisotopic (exact) mass is 299 g/mol. The topological polar surface area (TPSA) is 66.8 Å². The number of aryl methyl sites for hydroxylation is 1. The minimum absolute atomic E-state index is 0.216. The van der Waals surface area contributed by atoms with Crippen LogP contribution >= 0.6 is 11.6 Å². The van der Waals surface area contributed by atoms with Crippen molar-refractivity contribution in [3.05, 3.63) is 28.8 Å². The van der Waals surface area contributed by atoms with Gasteiger partial charge in [-0.25, -0.2) is 4.79 Å². The number of carbonyl (C=O) groups excluding carboxylic acids is 1. The van der Waals surface area contributed by atoms with Crippen LogP contribution in [0, 0.1) is 0 Å². The van der Waals surface area contributed by atoms with Gasteiger partial charge in [0.15, 0.2) is 0 Å². The van der Waals surface area contributed by atoms with E-state index in [0.717, 1.165) is 5.56 Å². The van der Waals surface area contributed by atoms with Gasteiger partial charge in [-0.3, -0.25) is 4.79 Å². The number of halogens is 1. The van der Waals surface area contributed by atoms with Gasteiger partial charge in [0.2, 0.25) is 5.91 Å². The van der Waals surface area contributed by atoms with Crippen LogP contribution in [0.5, 0.6) is 5.75 Å². The third-order valence-corrected chi connectivity index (χ3v) is 3.47. The molecule has 1 amide bonds. The zero-order valence-corrected chi connectivity index (χ0v) is 12.5. The summed E-state index contributed by atoms with van der Waals surface area (Å²) >= 11 is 6.00. The number of carboxylic acids is 1. The molecule has 0 aliphatic carbocycles. The summed E-state index contributed by atoms with van der Waals surface area (Å²) in [4.78, 5) is 23.9. The van der Waals surface area contributed by atoms with E-state index in [4.69, 9.17) is 21.4 Å². The average molecular weight is 300 g/mol. The van der Waals surface area contributed by atoms with Crippen molar-refractivity contribution in [1.82, 2.24) is 4.90 Å². The van der Waals surface area contributed by atoms with Crippen LogP contribution in [0.2, 0.25) is 5.02 Å². The molecular formula is C14H18ClNO4. The third-order valence-electron chi connectivity index (χ3n) is 3.18. The first kappa shape index (κ1) is 16.3. The van der Waals surface area contributed by atoms with Gasteiger partial charge < -0.3 is 14.7 Å². The molecule has 0 aromatic heterocycles. The van der Waals surface area contributed by atoms with E-state index < -0.39 is 12.0 Å². The Balaban J connectivity index is 2.61. The van der Waals surface area contributed by atoms with Crippen LogP contribution in [-0.4, -0.2) is 42.1 Å². The molecular weight excluding hydrogens is 282 g/mol. The molecule has 5 nitrogen and oxygen atoms in total. The third kappa shape index (κ3) is 4.13. The molecule has 1 aromatic rings. The van der Waals surface area contributed by atoms with E-state index in [9.17, 15) is 9.59 Å². The van der Waals surface area contributed by atoms with Gasteiger partial charge in [-0.15, -0.1) is 0 Å². The van der Waals surface area contributed by atoms with Crippen molar-refractivity contribution in [1.29, 1.82) is 0 Å². The lowest BCUT2D eigenvalue weighted by Gasteiger charge is -2.21. The number of nitrogens with zero attached hydrogens (tertiary/aromatic N) is 1. The van der Waals surface area contributed by atoms with Crippen LogP contribution in [0.1, 0.15) is 18.9 Å². The molecule has 0 bridgehead atoms. The van der Waals surface area contributed by atoms with Crippen molar-refractivity contribution in [2.75, 3.05) is 14.2 Å². The van der Waals surface area contributed by atoms with E-state index in [1.54, 1.807) is 12.1 Å². The Hall–Kier alpha value is -1.75. The molecule has 0 unspecified atom stereocenters. The van der Waals surface area contributed by atoms with E-state index >= 15 is 0 Å². The Kier molecular flexibility index (Phi) is 5.82. The SMILES string of the molecule is COc1ccc(CCC(=O)N(C)[C@H](C)C(=O)O)cc1Cl. The molecule has 1 N–H and O–H groups in total. The van der Waals surface area contributed by atoms with Gasteiger partial charge in [0.1, 0.15) is 11.8 Å². The molecule has 0 aliphatic heterocycles. The van der Waals surface area contributed by atoms with Gasteiger partial charge >= 0.3 is 5.97 Å². The number of ether oxygens (including phenoxy) is 1. The highest BCUT2D eigenvalue weighted by molar-refractivity contribution is 6.32. The molecule has 1 rings (SSSR count). The summed E-state index contributed by atoms with van der Waals surface area (Å²) in [6, 6.07) is 4.49. The Bertz CT molecular complexity index is 504. The lowest BCUT2D eigenvalue weighted by molar-refractivity contribution is -0.148. The van der Waals surface area contributed by atoms with Crippen molar-refractivity contribution < 1.29 is 19.4 Å². The Morgan fingerprint density at radius 3 is 2.60 bits per heavy atom. The molecule has 0 heterocycles. The smallest absolute Gasteiger partial charge is 0.326 e. The minimum atomic E-state index is -1.02. The van der Waals surface area contributed by atoms with Crippen molar-refractivity contribution in [2.24, 2.45) is 0 Å². The van der Waals surface area contributed by atoms with Crippen LogP contribution in [0.3, 0.4) is 0 Å². The van der Waals surface area contributed by atoms with Crippen LogP contribution in [0.15, 0.2) is 18.2 Å². The molecule has 0 radical (unpaired) electrons. The second kappa shape index (κ2) is 7.14. The molecule has 1 aromatic carbocycles. The summed E-state index contributed by atoms with van der Waals surface area (Å²) < 4.78 is 5.05. The van der Waals surface area contributed by atoms with Crippen LogP contribution in [-0.2, 0) is 16.0 Å². The molecule has 0 saturated carbocycles. The summed E-state index contributed by atoms with van der Waals surface area (Å²) in [5.41, 5.74) is 0.903. The molecule has 0 spiro atoms. The number of aliphatic carboxylic acids is 1. The standard InChI is InChI=1S/C14H18ClNO4/c1-9(14(18)19)16(2)13(17)7-5-10-4-6-12(20-3)11(15)8-10/h4,6,8-9H,5,7H2,1-3H3,(H,18,19)/t9-/m1/s1. The van der Waals surface area contributed by atoms with Crippen LogP contribution < -0.4 is 4.74 Å². The maximum Gasteiger partial charge on any atom is 0.326 e. The van der Waals surface area contributed by atoms with E-state index in [1.807, 2.05) is 6.07 Å². The van der Waals surface area contributed by atoms with E-state index in [-0.39, 0.29) is 12.3 Å². The van der Waals surface area contributed by atoms with E-state index in [2.05, 4.69) is 0 Å². The predicted octanol–water partition coefficient (Wildman–Crippen LogP) is 2.21. The average Bonchev–Trinajstić information content (AvgIpc) is 2.43. The number of hydrogen-bond acceptors (Lipinski definition) is 3. The second-order valence-electron chi connectivity index (χ2n) is 4.49. The number of benzene rings is 1. The van der Waals surface area contributed by atoms with Crippen molar-refractivity contribution >= 4 is 23.5 Å². The predicted molar refractivity (Wildman–Crippen MR) is 76.2 cm³/mol. The molecule has 1 atom stereocenters. The number of carboxylic acid groups (broad SMARTS) is 1. The highest BCUT2D eigenvalue weighted by Gasteiger charge is 2.21. The Morgan fingerprint density at radius 1 is 1.45 bits per heavy atom. The summed E-state index contributed by atoms with van der Waals surface area (Å²) in [5.74, 6) is -0.654. The quantitative estimate of drug-likeness (QED) is 0.874. The highest BCUT2D eigenvalue weighted by Crippen LogP contribution is 2.25. The summed E-state index contributed by atoms with van der Waals surface area (Å²) in [6.07, 6.45) is 0.732. The number of hydrogen-bond donors (Lipinski definition) is 1. The minimum Gasteiger partial charge on any atom is -0.495 e.